The first kappa shape index (κ1) is 12.9. The molecular formula is C11H23NO3. The predicted octanol–water partition coefficient (Wildman–Crippen LogP) is 0.666. The highest BCUT2D eigenvalue weighted by Crippen LogP contribution is 2.09. The van der Waals surface area contributed by atoms with Gasteiger partial charge in [0.1, 0.15) is 0 Å². The van der Waals surface area contributed by atoms with Gasteiger partial charge in [0.05, 0.1) is 33.0 Å². The minimum atomic E-state index is 0.658. The van der Waals surface area contributed by atoms with Gasteiger partial charge in [-0.05, 0) is 25.3 Å². The summed E-state index contributed by atoms with van der Waals surface area (Å²) in [6.45, 7) is 5.81. The second-order valence-electron chi connectivity index (χ2n) is 3.89. The van der Waals surface area contributed by atoms with Crippen LogP contribution in [0.5, 0.6) is 0 Å². The highest BCUT2D eigenvalue weighted by molar-refractivity contribution is 4.67. The molecular weight excluding hydrogens is 194 g/mol. The van der Waals surface area contributed by atoms with Crippen molar-refractivity contribution in [2.45, 2.75) is 12.8 Å². The minimum absolute atomic E-state index is 0.658. The van der Waals surface area contributed by atoms with E-state index < -0.39 is 0 Å². The Hall–Kier alpha value is -0.160. The highest BCUT2D eigenvalue weighted by Gasteiger charge is 2.12. The molecule has 1 rings (SSSR count). The van der Waals surface area contributed by atoms with E-state index in [9.17, 15) is 0 Å². The molecule has 1 saturated heterocycles. The third-order valence-corrected chi connectivity index (χ3v) is 2.56. The summed E-state index contributed by atoms with van der Waals surface area (Å²) in [6.07, 6.45) is 2.57. The van der Waals surface area contributed by atoms with Gasteiger partial charge in [0.15, 0.2) is 0 Å². The summed E-state index contributed by atoms with van der Waals surface area (Å²) in [5.41, 5.74) is 0. The van der Waals surface area contributed by atoms with Crippen molar-refractivity contribution < 1.29 is 14.2 Å². The van der Waals surface area contributed by atoms with E-state index in [2.05, 4.69) is 5.32 Å². The fourth-order valence-corrected chi connectivity index (χ4v) is 1.68. The van der Waals surface area contributed by atoms with Gasteiger partial charge in [-0.2, -0.15) is 0 Å². The molecule has 1 N–H and O–H groups in total. The zero-order chi connectivity index (χ0) is 10.8. The number of rotatable bonds is 8. The van der Waals surface area contributed by atoms with Crippen LogP contribution < -0.4 is 5.32 Å². The van der Waals surface area contributed by atoms with Crippen LogP contribution in [0.4, 0.5) is 0 Å². The molecule has 0 bridgehead atoms. The molecule has 1 heterocycles. The van der Waals surface area contributed by atoms with Gasteiger partial charge in [0.2, 0.25) is 0 Å². The SMILES string of the molecule is COCCOCCOCC1CCCNC1. The molecule has 4 heteroatoms. The monoisotopic (exact) mass is 217 g/mol. The fourth-order valence-electron chi connectivity index (χ4n) is 1.68. The molecule has 1 aliphatic rings. The second kappa shape index (κ2) is 9.09. The molecule has 0 saturated carbocycles. The second-order valence-corrected chi connectivity index (χ2v) is 3.89. The Morgan fingerprint density at radius 1 is 1.13 bits per heavy atom. The van der Waals surface area contributed by atoms with Crippen LogP contribution in [0.15, 0.2) is 0 Å². The summed E-state index contributed by atoms with van der Waals surface area (Å²) in [6, 6.07) is 0. The lowest BCUT2D eigenvalue weighted by Gasteiger charge is -2.22. The first-order valence-electron chi connectivity index (χ1n) is 5.78. The molecule has 1 unspecified atom stereocenters. The minimum Gasteiger partial charge on any atom is -0.382 e. The zero-order valence-corrected chi connectivity index (χ0v) is 9.67. The van der Waals surface area contributed by atoms with Crippen LogP contribution in [0.1, 0.15) is 12.8 Å². The van der Waals surface area contributed by atoms with Crippen LogP contribution in [0.2, 0.25) is 0 Å². The number of hydrogen-bond acceptors (Lipinski definition) is 4. The molecule has 4 nitrogen and oxygen atoms in total. The van der Waals surface area contributed by atoms with E-state index in [4.69, 9.17) is 14.2 Å². The lowest BCUT2D eigenvalue weighted by atomic mass is 10.0. The Morgan fingerprint density at radius 2 is 1.93 bits per heavy atom. The summed E-state index contributed by atoms with van der Waals surface area (Å²) in [4.78, 5) is 0. The summed E-state index contributed by atoms with van der Waals surface area (Å²) in [7, 11) is 1.68. The van der Waals surface area contributed by atoms with E-state index in [1.54, 1.807) is 7.11 Å². The predicted molar refractivity (Wildman–Crippen MR) is 59.1 cm³/mol. The summed E-state index contributed by atoms with van der Waals surface area (Å²) < 4.78 is 15.7. The lowest BCUT2D eigenvalue weighted by Crippen LogP contribution is -2.32. The van der Waals surface area contributed by atoms with Crippen LogP contribution in [0.3, 0.4) is 0 Å². The van der Waals surface area contributed by atoms with E-state index in [1.807, 2.05) is 0 Å². The largest absolute Gasteiger partial charge is 0.382 e. The van der Waals surface area contributed by atoms with Crippen molar-refractivity contribution in [2.24, 2.45) is 5.92 Å². The number of hydrogen-bond donors (Lipinski definition) is 1. The van der Waals surface area contributed by atoms with Gasteiger partial charge in [0.25, 0.3) is 0 Å². The Morgan fingerprint density at radius 3 is 2.67 bits per heavy atom. The zero-order valence-electron chi connectivity index (χ0n) is 9.67. The Kier molecular flexibility index (Phi) is 7.83. The quantitative estimate of drug-likeness (QED) is 0.606. The fraction of sp³-hybridized carbons (Fsp3) is 1.00. The van der Waals surface area contributed by atoms with Crippen LogP contribution in [-0.2, 0) is 14.2 Å². The summed E-state index contributed by atoms with van der Waals surface area (Å²) in [5, 5.41) is 3.38. The average Bonchev–Trinajstić information content (AvgIpc) is 2.29. The third-order valence-electron chi connectivity index (χ3n) is 2.56. The highest BCUT2D eigenvalue weighted by atomic mass is 16.5. The molecule has 0 aromatic carbocycles. The van der Waals surface area contributed by atoms with Gasteiger partial charge < -0.3 is 19.5 Å². The molecule has 0 aliphatic carbocycles. The van der Waals surface area contributed by atoms with Crippen molar-refractivity contribution in [1.29, 1.82) is 0 Å². The van der Waals surface area contributed by atoms with Gasteiger partial charge in [-0.3, -0.25) is 0 Å². The van der Waals surface area contributed by atoms with Crippen molar-refractivity contribution in [3.63, 3.8) is 0 Å². The molecule has 0 radical (unpaired) electrons. The smallest absolute Gasteiger partial charge is 0.0701 e. The molecule has 0 amide bonds. The molecule has 1 atom stereocenters. The number of ether oxygens (including phenoxy) is 3. The van der Waals surface area contributed by atoms with E-state index in [1.165, 1.54) is 12.8 Å². The lowest BCUT2D eigenvalue weighted by molar-refractivity contribution is 0.0133. The van der Waals surface area contributed by atoms with Crippen LogP contribution >= 0.6 is 0 Å². The van der Waals surface area contributed by atoms with Gasteiger partial charge in [-0.25, -0.2) is 0 Å². The van der Waals surface area contributed by atoms with Crippen molar-refractivity contribution >= 4 is 0 Å². The number of nitrogens with one attached hydrogen (secondary N) is 1. The molecule has 0 aromatic rings. The summed E-state index contributed by atoms with van der Waals surface area (Å²) >= 11 is 0. The van der Waals surface area contributed by atoms with Crippen molar-refractivity contribution in [1.82, 2.24) is 5.32 Å². The topological polar surface area (TPSA) is 39.7 Å². The van der Waals surface area contributed by atoms with Crippen molar-refractivity contribution in [2.75, 3.05) is 53.2 Å². The van der Waals surface area contributed by atoms with Crippen LogP contribution in [0.25, 0.3) is 0 Å². The van der Waals surface area contributed by atoms with Gasteiger partial charge in [0, 0.05) is 13.7 Å². The normalized spacial score (nSPS) is 21.8. The maximum atomic E-state index is 5.55. The first-order valence-corrected chi connectivity index (χ1v) is 5.78. The number of piperidine rings is 1. The molecule has 90 valence electrons. The maximum Gasteiger partial charge on any atom is 0.0701 e. The maximum absolute atomic E-state index is 5.55. The van der Waals surface area contributed by atoms with Gasteiger partial charge >= 0.3 is 0 Å². The summed E-state index contributed by atoms with van der Waals surface area (Å²) in [5.74, 6) is 0.692. The van der Waals surface area contributed by atoms with E-state index in [0.29, 0.717) is 32.3 Å². The van der Waals surface area contributed by atoms with Crippen LogP contribution in [-0.4, -0.2) is 53.2 Å². The third kappa shape index (κ3) is 6.84. The standard InChI is InChI=1S/C11H23NO3/c1-13-5-6-14-7-8-15-10-11-3-2-4-12-9-11/h11-12H,2-10H2,1H3. The van der Waals surface area contributed by atoms with Crippen molar-refractivity contribution in [3.8, 4) is 0 Å². The average molecular weight is 217 g/mol. The first-order chi connectivity index (χ1) is 7.43. The molecule has 0 spiro atoms. The molecule has 1 aliphatic heterocycles. The molecule has 0 aromatic heterocycles. The van der Waals surface area contributed by atoms with Crippen LogP contribution in [0, 0.1) is 5.92 Å². The number of methoxy groups -OCH3 is 1. The van der Waals surface area contributed by atoms with Gasteiger partial charge in [-0.15, -0.1) is 0 Å². The Labute approximate surface area is 92.3 Å². The molecule has 15 heavy (non-hydrogen) atoms. The van der Waals surface area contributed by atoms with Crippen molar-refractivity contribution in [3.05, 3.63) is 0 Å². The molecule has 1 fully saturated rings. The Bertz CT molecular complexity index is 138. The van der Waals surface area contributed by atoms with E-state index in [0.717, 1.165) is 19.7 Å². The van der Waals surface area contributed by atoms with E-state index >= 15 is 0 Å². The van der Waals surface area contributed by atoms with Gasteiger partial charge in [-0.1, -0.05) is 0 Å². The Balaban J connectivity index is 1.79. The van der Waals surface area contributed by atoms with E-state index in [-0.39, 0.29) is 0 Å².